The first-order valence-corrected chi connectivity index (χ1v) is 11.3. The smallest absolute Gasteiger partial charge is 0.213 e. The summed E-state index contributed by atoms with van der Waals surface area (Å²) in [5, 5.41) is 13.1. The molecule has 0 aliphatic carbocycles. The Morgan fingerprint density at radius 3 is 2.42 bits per heavy atom. The number of hydrogen-bond donors (Lipinski definition) is 2. The molecule has 6 heteroatoms. The molecule has 0 aliphatic heterocycles. The van der Waals surface area contributed by atoms with E-state index in [-0.39, 0.29) is 0 Å². The maximum atomic E-state index is 8.63. The Labute approximate surface area is 199 Å². The molecule has 2 N–H and O–H groups in total. The lowest BCUT2D eigenvalue weighted by molar-refractivity contribution is 0.306. The topological polar surface area (TPSA) is 67.5 Å². The molecule has 0 radical (unpaired) electrons. The highest BCUT2D eigenvalue weighted by molar-refractivity contribution is 6.29. The number of para-hydroxylation sites is 1. The fourth-order valence-corrected chi connectivity index (χ4v) is 3.63. The van der Waals surface area contributed by atoms with Crippen LogP contribution in [0.1, 0.15) is 31.4 Å². The number of aromatic hydroxyl groups is 1. The summed E-state index contributed by atoms with van der Waals surface area (Å²) in [5.74, 6) is 0.965. The number of hydrogen-bond acceptors (Lipinski definition) is 5. The predicted molar refractivity (Wildman–Crippen MR) is 136 cm³/mol. The number of pyridine rings is 1. The van der Waals surface area contributed by atoms with Crippen LogP contribution in [0.15, 0.2) is 77.3 Å². The van der Waals surface area contributed by atoms with Crippen molar-refractivity contribution < 1.29 is 14.3 Å². The lowest BCUT2D eigenvalue weighted by Crippen LogP contribution is -2.16. The van der Waals surface area contributed by atoms with Gasteiger partial charge in [0.1, 0.15) is 17.9 Å². The number of benzene rings is 2. The van der Waals surface area contributed by atoms with Gasteiger partial charge in [0.2, 0.25) is 5.88 Å². The molecule has 0 spiro atoms. The number of fused-ring (bicyclic) bond motifs is 1. The largest absolute Gasteiger partial charge is 0.508 e. The number of furan rings is 1. The molecule has 33 heavy (non-hydrogen) atoms. The monoisotopic (exact) mass is 464 g/mol. The first kappa shape index (κ1) is 24.4. The summed E-state index contributed by atoms with van der Waals surface area (Å²) in [6.45, 7) is 5.69. The standard InChI is InChI=1S/C21H23ClN2O2.C6H6O/c1-4-18(15-5-7-19-17(11-15)12-20(22)26-19)14(2)16-6-8-21(24-13-16)25-10-9-23-3;7-6-4-2-1-3-5-6/h5-8,11-13,23H,4,9-10H2,1-3H3;1-5,7H/b18-14-;. The van der Waals surface area contributed by atoms with Gasteiger partial charge in [-0.15, -0.1) is 0 Å². The molecule has 0 unspecified atom stereocenters. The van der Waals surface area contributed by atoms with Crippen LogP contribution in [-0.4, -0.2) is 30.3 Å². The van der Waals surface area contributed by atoms with Gasteiger partial charge in [0, 0.05) is 30.3 Å². The van der Waals surface area contributed by atoms with Crippen LogP contribution >= 0.6 is 11.6 Å². The number of likely N-dealkylation sites (N-methyl/N-ethyl adjacent to an activating group) is 1. The highest BCUT2D eigenvalue weighted by atomic mass is 35.5. The molecular weight excluding hydrogens is 436 g/mol. The van der Waals surface area contributed by atoms with E-state index in [0.29, 0.717) is 23.5 Å². The zero-order chi connectivity index (χ0) is 23.6. The second-order valence-corrected chi connectivity index (χ2v) is 7.81. The number of rotatable bonds is 7. The van der Waals surface area contributed by atoms with Crippen LogP contribution in [0.25, 0.3) is 22.1 Å². The Hall–Kier alpha value is -3.28. The van der Waals surface area contributed by atoms with Crippen molar-refractivity contribution in [3.05, 3.63) is 89.3 Å². The van der Waals surface area contributed by atoms with Gasteiger partial charge >= 0.3 is 0 Å². The number of allylic oxidation sites excluding steroid dienone is 2. The van der Waals surface area contributed by atoms with Crippen molar-refractivity contribution in [2.75, 3.05) is 20.2 Å². The molecule has 2 aromatic carbocycles. The number of halogens is 1. The van der Waals surface area contributed by atoms with Gasteiger partial charge in [0.15, 0.2) is 5.22 Å². The fourth-order valence-electron chi connectivity index (χ4n) is 3.43. The summed E-state index contributed by atoms with van der Waals surface area (Å²) in [5.41, 5.74) is 5.54. The highest BCUT2D eigenvalue weighted by Gasteiger charge is 2.10. The summed E-state index contributed by atoms with van der Waals surface area (Å²) in [4.78, 5) is 4.42. The molecule has 2 heterocycles. The zero-order valence-electron chi connectivity index (χ0n) is 19.1. The molecule has 0 bridgehead atoms. The fraction of sp³-hybridized carbons (Fsp3) is 0.222. The molecule has 0 saturated heterocycles. The van der Waals surface area contributed by atoms with E-state index in [0.717, 1.165) is 29.5 Å². The van der Waals surface area contributed by atoms with Crippen LogP contribution in [0.2, 0.25) is 5.22 Å². The summed E-state index contributed by atoms with van der Waals surface area (Å²) < 4.78 is 11.0. The van der Waals surface area contributed by atoms with Crippen LogP contribution in [0.5, 0.6) is 11.6 Å². The molecule has 0 atom stereocenters. The van der Waals surface area contributed by atoms with Gasteiger partial charge in [0.05, 0.1) is 0 Å². The van der Waals surface area contributed by atoms with Gasteiger partial charge in [-0.3, -0.25) is 0 Å². The summed E-state index contributed by atoms with van der Waals surface area (Å²) in [6.07, 6.45) is 2.79. The third-order valence-corrected chi connectivity index (χ3v) is 5.35. The molecule has 0 fully saturated rings. The molecule has 2 aromatic heterocycles. The van der Waals surface area contributed by atoms with Crippen LogP contribution in [-0.2, 0) is 0 Å². The Morgan fingerprint density at radius 2 is 1.82 bits per heavy atom. The van der Waals surface area contributed by atoms with Crippen molar-refractivity contribution in [2.45, 2.75) is 20.3 Å². The number of nitrogens with zero attached hydrogens (tertiary/aromatic N) is 1. The summed E-state index contributed by atoms with van der Waals surface area (Å²) in [7, 11) is 1.90. The van der Waals surface area contributed by atoms with E-state index < -0.39 is 0 Å². The molecule has 0 amide bonds. The second kappa shape index (κ2) is 12.1. The minimum Gasteiger partial charge on any atom is -0.508 e. The van der Waals surface area contributed by atoms with Crippen molar-refractivity contribution in [1.29, 1.82) is 0 Å². The molecule has 0 saturated carbocycles. The van der Waals surface area contributed by atoms with Gasteiger partial charge in [-0.25, -0.2) is 4.98 Å². The molecule has 4 rings (SSSR count). The van der Waals surface area contributed by atoms with Crippen molar-refractivity contribution in [1.82, 2.24) is 10.3 Å². The Balaban J connectivity index is 0.000000374. The first-order chi connectivity index (χ1) is 16.0. The highest BCUT2D eigenvalue weighted by Crippen LogP contribution is 2.32. The second-order valence-electron chi connectivity index (χ2n) is 7.43. The predicted octanol–water partition coefficient (Wildman–Crippen LogP) is 6.81. The minimum absolute atomic E-state index is 0.322. The maximum absolute atomic E-state index is 8.63. The van der Waals surface area contributed by atoms with Crippen molar-refractivity contribution in [3.63, 3.8) is 0 Å². The Morgan fingerprint density at radius 1 is 1.06 bits per heavy atom. The molecule has 5 nitrogen and oxygen atoms in total. The van der Waals surface area contributed by atoms with Gasteiger partial charge in [-0.1, -0.05) is 31.2 Å². The van der Waals surface area contributed by atoms with E-state index in [4.69, 9.17) is 25.9 Å². The lowest BCUT2D eigenvalue weighted by Gasteiger charge is -2.12. The molecular formula is C27H29ClN2O3. The van der Waals surface area contributed by atoms with Gasteiger partial charge in [-0.05, 0) is 84.6 Å². The summed E-state index contributed by atoms with van der Waals surface area (Å²) in [6, 6.07) is 20.7. The number of phenols is 1. The van der Waals surface area contributed by atoms with E-state index in [1.165, 1.54) is 16.7 Å². The van der Waals surface area contributed by atoms with Crippen molar-refractivity contribution in [2.24, 2.45) is 0 Å². The zero-order valence-corrected chi connectivity index (χ0v) is 19.9. The van der Waals surface area contributed by atoms with E-state index in [1.807, 2.05) is 37.5 Å². The third-order valence-electron chi connectivity index (χ3n) is 5.17. The van der Waals surface area contributed by atoms with E-state index in [1.54, 1.807) is 24.3 Å². The quantitative estimate of drug-likeness (QED) is 0.294. The minimum atomic E-state index is 0.322. The summed E-state index contributed by atoms with van der Waals surface area (Å²) >= 11 is 5.96. The first-order valence-electron chi connectivity index (χ1n) is 10.9. The Bertz CT molecular complexity index is 1190. The van der Waals surface area contributed by atoms with Gasteiger partial charge in [-0.2, -0.15) is 0 Å². The van der Waals surface area contributed by atoms with Gasteiger partial charge in [0.25, 0.3) is 0 Å². The Kier molecular flexibility index (Phi) is 8.93. The molecule has 172 valence electrons. The van der Waals surface area contributed by atoms with Crippen LogP contribution < -0.4 is 10.1 Å². The lowest BCUT2D eigenvalue weighted by atomic mass is 9.94. The molecule has 0 aliphatic rings. The van der Waals surface area contributed by atoms with E-state index in [2.05, 4.69) is 42.3 Å². The SMILES string of the molecule is CC/C(=C(\C)c1ccc(OCCNC)nc1)c1ccc2oc(Cl)cc2c1.Oc1ccccc1. The molecule has 4 aromatic rings. The van der Waals surface area contributed by atoms with Crippen molar-refractivity contribution >= 4 is 33.7 Å². The number of aromatic nitrogens is 1. The number of nitrogens with one attached hydrogen (secondary N) is 1. The van der Waals surface area contributed by atoms with Crippen LogP contribution in [0, 0.1) is 0 Å². The third kappa shape index (κ3) is 6.85. The number of phenolic OH excluding ortho intramolecular Hbond substituents is 1. The van der Waals surface area contributed by atoms with E-state index in [9.17, 15) is 0 Å². The average Bonchev–Trinajstić information content (AvgIpc) is 3.20. The number of ether oxygens (including phenoxy) is 1. The maximum Gasteiger partial charge on any atom is 0.213 e. The van der Waals surface area contributed by atoms with E-state index >= 15 is 0 Å². The van der Waals surface area contributed by atoms with Crippen LogP contribution in [0.3, 0.4) is 0 Å². The van der Waals surface area contributed by atoms with Gasteiger partial charge < -0.3 is 19.6 Å². The average molecular weight is 465 g/mol. The van der Waals surface area contributed by atoms with Crippen LogP contribution in [0.4, 0.5) is 0 Å². The van der Waals surface area contributed by atoms with Crippen molar-refractivity contribution in [3.8, 4) is 11.6 Å². The normalized spacial score (nSPS) is 11.5.